The smallest absolute Gasteiger partial charge is 0.427 e. The minimum Gasteiger partial charge on any atom is -0.486 e. The van der Waals surface area contributed by atoms with Gasteiger partial charge in [-0.1, -0.05) is 13.0 Å². The molecule has 38 heavy (non-hydrogen) atoms. The molecule has 0 aliphatic carbocycles. The van der Waals surface area contributed by atoms with Crippen molar-refractivity contribution >= 4 is 31.5 Å². The van der Waals surface area contributed by atoms with E-state index < -0.39 is 55.9 Å². The highest BCUT2D eigenvalue weighted by Gasteiger charge is 2.50. The van der Waals surface area contributed by atoms with Gasteiger partial charge in [-0.2, -0.15) is 13.2 Å². The van der Waals surface area contributed by atoms with Gasteiger partial charge in [-0.25, -0.2) is 21.2 Å². The number of hydrogen-bond acceptors (Lipinski definition) is 7. The molecule has 0 N–H and O–H groups in total. The van der Waals surface area contributed by atoms with Crippen LogP contribution in [0.2, 0.25) is 0 Å². The molecule has 0 saturated carbocycles. The zero-order chi connectivity index (χ0) is 28.5. The first-order valence-electron chi connectivity index (χ1n) is 11.5. The summed E-state index contributed by atoms with van der Waals surface area (Å²) in [4.78, 5) is 12.0. The van der Waals surface area contributed by atoms with Gasteiger partial charge in [0.25, 0.3) is 10.0 Å². The Morgan fingerprint density at radius 3 is 2.29 bits per heavy atom. The molecule has 0 bridgehead atoms. The van der Waals surface area contributed by atoms with E-state index in [0.717, 1.165) is 28.6 Å². The second-order valence-corrected chi connectivity index (χ2v) is 13.6. The summed E-state index contributed by atoms with van der Waals surface area (Å²) < 4.78 is 115. The first-order valence-corrected chi connectivity index (χ1v) is 14.8. The lowest BCUT2D eigenvalue weighted by Gasteiger charge is -2.36. The summed E-state index contributed by atoms with van der Waals surface area (Å²) in [6.07, 6.45) is -6.24. The average Bonchev–Trinajstić information content (AvgIpc) is 2.81. The van der Waals surface area contributed by atoms with E-state index in [1.54, 1.807) is 0 Å². The predicted molar refractivity (Wildman–Crippen MR) is 131 cm³/mol. The molecular formula is C24H27F4NO7S2. The Balaban J connectivity index is 1.96. The molecule has 1 atom stereocenters. The summed E-state index contributed by atoms with van der Waals surface area (Å²) >= 11 is 0. The van der Waals surface area contributed by atoms with Gasteiger partial charge >= 0.3 is 12.1 Å². The summed E-state index contributed by atoms with van der Waals surface area (Å²) in [6, 6.07) is 8.06. The van der Waals surface area contributed by atoms with Crippen molar-refractivity contribution in [3.05, 3.63) is 53.8 Å². The SMILES string of the molecule is CCS(=O)(=O)CC[C@H]1CN(S(=O)(=O)c2ccc(F)cc2)c2cc(CC(=O)OC(C)(C)C(F)(F)F)ccc2O1. The number of nitrogens with zero attached hydrogens (tertiary/aromatic N) is 1. The third-order valence-corrected chi connectivity index (χ3v) is 9.48. The van der Waals surface area contributed by atoms with E-state index in [-0.39, 0.29) is 46.4 Å². The minimum absolute atomic E-state index is 0.00828. The van der Waals surface area contributed by atoms with Crippen molar-refractivity contribution in [1.29, 1.82) is 0 Å². The number of sulfonamides is 1. The second-order valence-electron chi connectivity index (χ2n) is 9.22. The molecule has 0 saturated heterocycles. The maximum atomic E-state index is 13.5. The Morgan fingerprint density at radius 1 is 1.08 bits per heavy atom. The van der Waals surface area contributed by atoms with Crippen LogP contribution in [0.4, 0.5) is 23.2 Å². The average molecular weight is 582 g/mol. The lowest BCUT2D eigenvalue weighted by Crippen LogP contribution is -2.44. The number of carbonyl (C=O) groups is 1. The molecule has 0 radical (unpaired) electrons. The predicted octanol–water partition coefficient (Wildman–Crippen LogP) is 4.03. The zero-order valence-corrected chi connectivity index (χ0v) is 22.4. The Labute approximate surface area is 218 Å². The van der Waals surface area contributed by atoms with E-state index >= 15 is 0 Å². The molecule has 14 heteroatoms. The van der Waals surface area contributed by atoms with E-state index in [1.165, 1.54) is 25.1 Å². The standard InChI is InChI=1S/C24H27F4NO7S2/c1-4-37(31,32)12-11-18-15-29(38(33,34)19-8-6-17(25)7-9-19)20-13-16(5-10-21(20)35-18)14-22(30)36-23(2,3)24(26,27)28/h5-10,13,18H,4,11-12,14-15H2,1-3H3/t18-/m0/s1. The molecule has 2 aromatic carbocycles. The largest absolute Gasteiger partial charge is 0.486 e. The van der Waals surface area contributed by atoms with E-state index in [0.29, 0.717) is 13.8 Å². The number of halogens is 4. The van der Waals surface area contributed by atoms with Crippen LogP contribution in [0.5, 0.6) is 5.75 Å². The van der Waals surface area contributed by atoms with Gasteiger partial charge in [-0.15, -0.1) is 0 Å². The molecule has 1 aliphatic heterocycles. The topological polar surface area (TPSA) is 107 Å². The van der Waals surface area contributed by atoms with Crippen LogP contribution < -0.4 is 9.04 Å². The van der Waals surface area contributed by atoms with Gasteiger partial charge in [-0.3, -0.25) is 9.10 Å². The van der Waals surface area contributed by atoms with Gasteiger partial charge in [-0.05, 0) is 62.2 Å². The lowest BCUT2D eigenvalue weighted by molar-refractivity contribution is -0.257. The van der Waals surface area contributed by atoms with Gasteiger partial charge < -0.3 is 9.47 Å². The maximum Gasteiger partial charge on any atom is 0.427 e. The number of carbonyl (C=O) groups excluding carboxylic acids is 1. The molecule has 0 spiro atoms. The van der Waals surface area contributed by atoms with Crippen LogP contribution in [0.3, 0.4) is 0 Å². The summed E-state index contributed by atoms with van der Waals surface area (Å²) in [7, 11) is -7.68. The highest BCUT2D eigenvalue weighted by molar-refractivity contribution is 7.93. The van der Waals surface area contributed by atoms with Crippen LogP contribution in [0.15, 0.2) is 47.4 Å². The number of esters is 1. The number of rotatable bonds is 9. The fourth-order valence-electron chi connectivity index (χ4n) is 3.58. The van der Waals surface area contributed by atoms with Crippen molar-refractivity contribution in [3.63, 3.8) is 0 Å². The number of sulfone groups is 1. The maximum absolute atomic E-state index is 13.5. The second kappa shape index (κ2) is 10.7. The third-order valence-electron chi connectivity index (χ3n) is 5.95. The van der Waals surface area contributed by atoms with Crippen molar-refractivity contribution < 1.29 is 48.7 Å². The zero-order valence-electron chi connectivity index (χ0n) is 20.8. The number of benzene rings is 2. The van der Waals surface area contributed by atoms with Crippen molar-refractivity contribution in [3.8, 4) is 5.75 Å². The fraction of sp³-hybridized carbons (Fsp3) is 0.458. The lowest BCUT2D eigenvalue weighted by atomic mass is 10.1. The van der Waals surface area contributed by atoms with Crippen molar-refractivity contribution in [2.45, 2.75) is 56.4 Å². The number of ether oxygens (including phenoxy) is 2. The molecule has 0 amide bonds. The van der Waals surface area contributed by atoms with Crippen LogP contribution >= 0.6 is 0 Å². The highest BCUT2D eigenvalue weighted by Crippen LogP contribution is 2.39. The number of anilines is 1. The highest BCUT2D eigenvalue weighted by atomic mass is 32.2. The van der Waals surface area contributed by atoms with Gasteiger partial charge in [0, 0.05) is 5.75 Å². The fourth-order valence-corrected chi connectivity index (χ4v) is 5.99. The van der Waals surface area contributed by atoms with E-state index in [4.69, 9.17) is 4.74 Å². The molecule has 1 heterocycles. The van der Waals surface area contributed by atoms with Gasteiger partial charge in [0.1, 0.15) is 27.5 Å². The van der Waals surface area contributed by atoms with Gasteiger partial charge in [0.15, 0.2) is 0 Å². The molecule has 0 fully saturated rings. The van der Waals surface area contributed by atoms with Crippen molar-refractivity contribution in [1.82, 2.24) is 0 Å². The number of alkyl halides is 3. The summed E-state index contributed by atoms with van der Waals surface area (Å²) in [6.45, 7) is 2.62. The van der Waals surface area contributed by atoms with Crippen LogP contribution in [0.1, 0.15) is 32.8 Å². The molecule has 8 nitrogen and oxygen atoms in total. The summed E-state index contributed by atoms with van der Waals surface area (Å²) in [5.41, 5.74) is -2.59. The molecule has 1 aliphatic rings. The van der Waals surface area contributed by atoms with Crippen LogP contribution in [0.25, 0.3) is 0 Å². The first kappa shape index (κ1) is 29.7. The summed E-state index contributed by atoms with van der Waals surface area (Å²) in [5, 5.41) is 0. The van der Waals surface area contributed by atoms with Crippen molar-refractivity contribution in [2.75, 3.05) is 22.4 Å². The molecule has 2 aromatic rings. The van der Waals surface area contributed by atoms with E-state index in [2.05, 4.69) is 4.74 Å². The molecule has 210 valence electrons. The Morgan fingerprint density at radius 2 is 1.71 bits per heavy atom. The number of fused-ring (bicyclic) bond motifs is 1. The Kier molecular flexibility index (Phi) is 8.37. The molecule has 0 unspecified atom stereocenters. The molecule has 3 rings (SSSR count). The monoisotopic (exact) mass is 581 g/mol. The summed E-state index contributed by atoms with van der Waals surface area (Å²) in [5.74, 6) is -2.12. The van der Waals surface area contributed by atoms with Gasteiger partial charge in [0.05, 0.1) is 29.3 Å². The normalized spacial score (nSPS) is 16.5. The third kappa shape index (κ3) is 6.76. The van der Waals surface area contributed by atoms with Crippen LogP contribution in [-0.4, -0.2) is 58.7 Å². The Hall–Kier alpha value is -2.87. The molecule has 0 aromatic heterocycles. The van der Waals surface area contributed by atoms with Crippen LogP contribution in [0, 0.1) is 5.82 Å². The molecular weight excluding hydrogens is 554 g/mol. The first-order chi connectivity index (χ1) is 17.4. The van der Waals surface area contributed by atoms with Crippen LogP contribution in [-0.2, 0) is 35.8 Å². The van der Waals surface area contributed by atoms with E-state index in [9.17, 15) is 39.2 Å². The quantitative estimate of drug-likeness (QED) is 0.325. The number of hydrogen-bond donors (Lipinski definition) is 0. The van der Waals surface area contributed by atoms with Crippen molar-refractivity contribution in [2.24, 2.45) is 0 Å². The van der Waals surface area contributed by atoms with E-state index in [1.807, 2.05) is 0 Å². The minimum atomic E-state index is -4.80. The Bertz CT molecular complexity index is 1390. The van der Waals surface area contributed by atoms with Gasteiger partial charge in [0.2, 0.25) is 5.60 Å².